The van der Waals surface area contributed by atoms with Gasteiger partial charge in [0.25, 0.3) is 0 Å². The van der Waals surface area contributed by atoms with Crippen LogP contribution in [0.5, 0.6) is 0 Å². The van der Waals surface area contributed by atoms with Crippen LogP contribution >= 0.6 is 0 Å². The zero-order valence-corrected chi connectivity index (χ0v) is 9.20. The van der Waals surface area contributed by atoms with Crippen molar-refractivity contribution in [2.24, 2.45) is 0 Å². The molecule has 18 heavy (non-hydrogen) atoms. The average Bonchev–Trinajstić information content (AvgIpc) is 2.21. The number of rotatable bonds is 8. The molecule has 0 spiro atoms. The van der Waals surface area contributed by atoms with Gasteiger partial charge in [-0.1, -0.05) is 0 Å². The number of hydrogen-bond donors (Lipinski definition) is 3. The number of carbonyl (C=O) groups is 4. The Hall–Kier alpha value is -2.16. The maximum atomic E-state index is 10.9. The molecule has 0 fully saturated rings. The summed E-state index contributed by atoms with van der Waals surface area (Å²) in [5, 5.41) is 25.3. The molecule has 0 saturated heterocycles. The van der Waals surface area contributed by atoms with Crippen LogP contribution < -0.4 is 0 Å². The number of carboxylic acids is 2. The fourth-order valence-electron chi connectivity index (χ4n) is 0.835. The molecule has 3 N–H and O–H groups in total. The van der Waals surface area contributed by atoms with E-state index >= 15 is 0 Å². The van der Waals surface area contributed by atoms with E-state index in [1.54, 1.807) is 0 Å². The second kappa shape index (κ2) is 8.01. The number of ether oxygens (including phenoxy) is 2. The molecule has 0 aromatic carbocycles. The lowest BCUT2D eigenvalue weighted by Gasteiger charge is -2.14. The van der Waals surface area contributed by atoms with Crippen molar-refractivity contribution in [1.29, 1.82) is 0 Å². The van der Waals surface area contributed by atoms with Gasteiger partial charge in [-0.15, -0.1) is 0 Å². The van der Waals surface area contributed by atoms with Gasteiger partial charge >= 0.3 is 23.9 Å². The zero-order valence-electron chi connectivity index (χ0n) is 9.20. The van der Waals surface area contributed by atoms with Crippen molar-refractivity contribution in [3.8, 4) is 0 Å². The van der Waals surface area contributed by atoms with Crippen molar-refractivity contribution in [1.82, 2.24) is 0 Å². The van der Waals surface area contributed by atoms with E-state index in [9.17, 15) is 19.2 Å². The number of aliphatic carboxylic acids is 2. The lowest BCUT2D eigenvalue weighted by atomic mass is 10.4. The summed E-state index contributed by atoms with van der Waals surface area (Å²) in [7, 11) is 0. The molecule has 0 aliphatic carbocycles. The Kier molecular flexibility index (Phi) is 7.05. The molecule has 9 heteroatoms. The lowest BCUT2D eigenvalue weighted by molar-refractivity contribution is -0.166. The Morgan fingerprint density at radius 2 is 1.44 bits per heavy atom. The molecular weight excluding hydrogens is 252 g/mol. The lowest BCUT2D eigenvalue weighted by Crippen LogP contribution is -2.29. The predicted molar refractivity (Wildman–Crippen MR) is 52.4 cm³/mol. The van der Waals surface area contributed by atoms with Crippen LogP contribution in [0.2, 0.25) is 0 Å². The Balaban J connectivity index is 4.04. The molecule has 102 valence electrons. The van der Waals surface area contributed by atoms with E-state index in [0.717, 1.165) is 0 Å². The zero-order chi connectivity index (χ0) is 14.1. The van der Waals surface area contributed by atoms with Gasteiger partial charge in [0, 0.05) is 0 Å². The molecule has 0 aliphatic rings. The van der Waals surface area contributed by atoms with Crippen molar-refractivity contribution in [3.63, 3.8) is 0 Å². The topological polar surface area (TPSA) is 147 Å². The minimum Gasteiger partial charge on any atom is -0.481 e. The van der Waals surface area contributed by atoms with Gasteiger partial charge in [0.15, 0.2) is 6.10 Å². The molecule has 0 rings (SSSR count). The predicted octanol–water partition coefficient (Wildman–Crippen LogP) is -1.62. The van der Waals surface area contributed by atoms with Gasteiger partial charge in [-0.3, -0.25) is 19.2 Å². The van der Waals surface area contributed by atoms with Gasteiger partial charge in [-0.2, -0.15) is 0 Å². The van der Waals surface area contributed by atoms with Crippen LogP contribution in [0.3, 0.4) is 0 Å². The SMILES string of the molecule is O=C(O)CC(=O)OCC(CO)OC(=O)CC(=O)O. The van der Waals surface area contributed by atoms with E-state index in [1.807, 2.05) is 0 Å². The Morgan fingerprint density at radius 3 is 1.89 bits per heavy atom. The summed E-state index contributed by atoms with van der Waals surface area (Å²) in [5.41, 5.74) is 0. The average molecular weight is 264 g/mol. The third kappa shape index (κ3) is 8.05. The van der Waals surface area contributed by atoms with Crippen molar-refractivity contribution in [3.05, 3.63) is 0 Å². The molecule has 1 atom stereocenters. The summed E-state index contributed by atoms with van der Waals surface area (Å²) in [6.45, 7) is -1.24. The third-order valence-corrected chi connectivity index (χ3v) is 1.52. The van der Waals surface area contributed by atoms with Gasteiger partial charge in [0.05, 0.1) is 6.61 Å². The van der Waals surface area contributed by atoms with Crippen molar-refractivity contribution in [2.45, 2.75) is 18.9 Å². The van der Waals surface area contributed by atoms with E-state index in [1.165, 1.54) is 0 Å². The van der Waals surface area contributed by atoms with Gasteiger partial charge in [0.1, 0.15) is 19.4 Å². The summed E-state index contributed by atoms with van der Waals surface area (Å²) < 4.78 is 8.88. The van der Waals surface area contributed by atoms with Crippen LogP contribution in [0.4, 0.5) is 0 Å². The summed E-state index contributed by atoms with van der Waals surface area (Å²) in [6.07, 6.45) is -2.98. The standard InChI is InChI=1S/C9H12O9/c10-3-5(18-9(16)2-7(13)14)4-17-8(15)1-6(11)12/h5,10H,1-4H2,(H,11,12)(H,13,14). The first-order chi connectivity index (χ1) is 8.35. The number of hydrogen-bond acceptors (Lipinski definition) is 7. The number of carboxylic acid groups (broad SMARTS) is 2. The van der Waals surface area contributed by atoms with Gasteiger partial charge in [0.2, 0.25) is 0 Å². The van der Waals surface area contributed by atoms with Gasteiger partial charge < -0.3 is 24.8 Å². The van der Waals surface area contributed by atoms with E-state index in [4.69, 9.17) is 15.3 Å². The van der Waals surface area contributed by atoms with Crippen LogP contribution in [0.15, 0.2) is 0 Å². The molecule has 0 aliphatic heterocycles. The minimum absolute atomic E-state index is 0.548. The summed E-state index contributed by atoms with van der Waals surface area (Å²) in [5.74, 6) is -4.95. The van der Waals surface area contributed by atoms with E-state index in [-0.39, 0.29) is 0 Å². The number of carbonyl (C=O) groups excluding carboxylic acids is 2. The van der Waals surface area contributed by atoms with E-state index < -0.39 is 56.0 Å². The molecular formula is C9H12O9. The maximum absolute atomic E-state index is 10.9. The smallest absolute Gasteiger partial charge is 0.317 e. The number of esters is 2. The van der Waals surface area contributed by atoms with Crippen molar-refractivity contribution >= 4 is 23.9 Å². The summed E-state index contributed by atoms with van der Waals surface area (Å²) >= 11 is 0. The van der Waals surface area contributed by atoms with Crippen molar-refractivity contribution in [2.75, 3.05) is 13.2 Å². The highest BCUT2D eigenvalue weighted by Gasteiger charge is 2.18. The number of aliphatic hydroxyl groups excluding tert-OH is 1. The first-order valence-electron chi connectivity index (χ1n) is 4.74. The highest BCUT2D eigenvalue weighted by molar-refractivity contribution is 5.90. The first-order valence-corrected chi connectivity index (χ1v) is 4.74. The third-order valence-electron chi connectivity index (χ3n) is 1.52. The fourth-order valence-corrected chi connectivity index (χ4v) is 0.835. The second-order valence-corrected chi connectivity index (χ2v) is 3.12. The molecule has 0 radical (unpaired) electrons. The van der Waals surface area contributed by atoms with Crippen LogP contribution in [0.25, 0.3) is 0 Å². The molecule has 0 amide bonds. The largest absolute Gasteiger partial charge is 0.481 e. The second-order valence-electron chi connectivity index (χ2n) is 3.12. The Labute approximate surface area is 101 Å². The molecule has 0 saturated carbocycles. The van der Waals surface area contributed by atoms with Crippen LogP contribution in [-0.2, 0) is 28.7 Å². The molecule has 0 heterocycles. The monoisotopic (exact) mass is 264 g/mol. The van der Waals surface area contributed by atoms with Crippen LogP contribution in [0, 0.1) is 0 Å². The highest BCUT2D eigenvalue weighted by Crippen LogP contribution is 1.98. The van der Waals surface area contributed by atoms with Gasteiger partial charge in [-0.05, 0) is 0 Å². The van der Waals surface area contributed by atoms with Crippen LogP contribution in [0.1, 0.15) is 12.8 Å². The van der Waals surface area contributed by atoms with Crippen molar-refractivity contribution < 1.29 is 44.0 Å². The Bertz CT molecular complexity index is 335. The maximum Gasteiger partial charge on any atom is 0.317 e. The normalized spacial score (nSPS) is 11.4. The summed E-state index contributed by atoms with van der Waals surface area (Å²) in [4.78, 5) is 42.0. The van der Waals surface area contributed by atoms with E-state index in [0.29, 0.717) is 0 Å². The molecule has 0 aromatic rings. The Morgan fingerprint density at radius 1 is 0.944 bits per heavy atom. The summed E-state index contributed by atoms with van der Waals surface area (Å²) in [6, 6.07) is 0. The van der Waals surface area contributed by atoms with E-state index in [2.05, 4.69) is 9.47 Å². The fraction of sp³-hybridized carbons (Fsp3) is 0.556. The minimum atomic E-state index is -1.40. The number of aliphatic hydroxyl groups is 1. The quantitative estimate of drug-likeness (QED) is 0.347. The molecule has 9 nitrogen and oxygen atoms in total. The molecule has 0 aromatic heterocycles. The molecule has 1 unspecified atom stereocenters. The van der Waals surface area contributed by atoms with Gasteiger partial charge in [-0.25, -0.2) is 0 Å². The van der Waals surface area contributed by atoms with Crippen LogP contribution in [-0.4, -0.2) is 58.5 Å². The molecule has 0 bridgehead atoms. The highest BCUT2D eigenvalue weighted by atomic mass is 16.6. The first kappa shape index (κ1) is 15.8.